The lowest BCUT2D eigenvalue weighted by molar-refractivity contribution is 0.670. The molecule has 67 heavy (non-hydrogen) atoms. The number of hydrogen-bond donors (Lipinski definition) is 0. The molecule has 0 spiro atoms. The number of aromatic nitrogens is 1. The summed E-state index contributed by atoms with van der Waals surface area (Å²) in [5.41, 5.74) is 17.6. The van der Waals surface area contributed by atoms with Crippen LogP contribution in [0.1, 0.15) is 0 Å². The van der Waals surface area contributed by atoms with E-state index >= 15 is 0 Å². The molecule has 13 rings (SSSR count). The van der Waals surface area contributed by atoms with Crippen molar-refractivity contribution in [1.82, 2.24) is 4.57 Å². The summed E-state index contributed by atoms with van der Waals surface area (Å²) < 4.78 is 9.10. The molecule has 0 N–H and O–H groups in total. The van der Waals surface area contributed by atoms with Crippen LogP contribution in [0.3, 0.4) is 0 Å². The van der Waals surface area contributed by atoms with E-state index in [9.17, 15) is 0 Å². The zero-order chi connectivity index (χ0) is 44.3. The van der Waals surface area contributed by atoms with Crippen molar-refractivity contribution in [2.24, 2.45) is 0 Å². The molecule has 0 aliphatic carbocycles. The Hall–Kier alpha value is -8.92. The summed E-state index contributed by atoms with van der Waals surface area (Å²) in [7, 11) is 0. The number of fused-ring (bicyclic) bond motifs is 7. The van der Waals surface area contributed by atoms with E-state index in [1.807, 2.05) is 6.07 Å². The van der Waals surface area contributed by atoms with Crippen LogP contribution in [0.4, 0.5) is 17.1 Å². The van der Waals surface area contributed by atoms with Crippen molar-refractivity contribution in [3.8, 4) is 50.2 Å². The summed E-state index contributed by atoms with van der Waals surface area (Å²) in [4.78, 5) is 2.39. The third-order valence-electron chi connectivity index (χ3n) is 13.4. The maximum Gasteiger partial charge on any atom is 0.143 e. The van der Waals surface area contributed by atoms with Gasteiger partial charge >= 0.3 is 0 Å². The quantitative estimate of drug-likeness (QED) is 0.152. The van der Waals surface area contributed by atoms with Crippen LogP contribution in [0.15, 0.2) is 259 Å². The van der Waals surface area contributed by atoms with Gasteiger partial charge in [-0.3, -0.25) is 0 Å². The average molecular weight is 855 g/mol. The average Bonchev–Trinajstić information content (AvgIpc) is 3.95. The lowest BCUT2D eigenvalue weighted by atomic mass is 9.96. The van der Waals surface area contributed by atoms with E-state index in [1.165, 1.54) is 54.8 Å². The number of hydrogen-bond acceptors (Lipinski definition) is 2. The largest absolute Gasteiger partial charge is 0.455 e. The molecule has 0 amide bonds. The predicted octanol–water partition coefficient (Wildman–Crippen LogP) is 18.0. The highest BCUT2D eigenvalue weighted by Crippen LogP contribution is 2.46. The molecular formula is C64H42N2O. The fourth-order valence-electron chi connectivity index (χ4n) is 10.2. The number of para-hydroxylation sites is 5. The number of benzene rings is 11. The van der Waals surface area contributed by atoms with Crippen LogP contribution in [-0.2, 0) is 0 Å². The molecule has 2 heterocycles. The van der Waals surface area contributed by atoms with Crippen molar-refractivity contribution < 1.29 is 4.42 Å². The predicted molar refractivity (Wildman–Crippen MR) is 282 cm³/mol. The Balaban J connectivity index is 0.978. The highest BCUT2D eigenvalue weighted by Gasteiger charge is 2.22. The molecule has 0 fully saturated rings. The molecule has 0 radical (unpaired) electrons. The fraction of sp³-hybridized carbons (Fsp3) is 0. The van der Waals surface area contributed by atoms with Crippen molar-refractivity contribution in [2.75, 3.05) is 4.90 Å². The third kappa shape index (κ3) is 6.59. The second kappa shape index (κ2) is 16.0. The van der Waals surface area contributed by atoms with Crippen LogP contribution >= 0.6 is 0 Å². The van der Waals surface area contributed by atoms with Crippen LogP contribution in [0.25, 0.3) is 105 Å². The number of anilines is 3. The van der Waals surface area contributed by atoms with E-state index in [0.717, 1.165) is 66.9 Å². The Labute approximate surface area is 388 Å². The molecule has 3 nitrogen and oxygen atoms in total. The van der Waals surface area contributed by atoms with Crippen LogP contribution in [-0.4, -0.2) is 4.57 Å². The van der Waals surface area contributed by atoms with E-state index in [2.05, 4.69) is 258 Å². The minimum Gasteiger partial charge on any atom is -0.455 e. The van der Waals surface area contributed by atoms with Crippen molar-refractivity contribution in [3.63, 3.8) is 0 Å². The molecule has 2 aromatic heterocycles. The van der Waals surface area contributed by atoms with Crippen molar-refractivity contribution in [2.45, 2.75) is 0 Å². The SMILES string of the molecule is c1ccc(-c2ccc(-c3ccc(N(c4ccc(-c5ccc6ccccc6c5)cc4)c4ccccc4-c4cccc5c4oc4ccccc45)cc3)c(-n3c4ccccc4c4ccccc43)c2)cc1. The second-order valence-corrected chi connectivity index (χ2v) is 17.3. The van der Waals surface area contributed by atoms with Gasteiger partial charge in [-0.1, -0.05) is 194 Å². The first kappa shape index (κ1) is 38.5. The number of rotatable bonds is 8. The normalized spacial score (nSPS) is 11.6. The molecule has 0 bridgehead atoms. The van der Waals surface area contributed by atoms with Crippen LogP contribution in [0, 0.1) is 0 Å². The zero-order valence-corrected chi connectivity index (χ0v) is 36.6. The minimum atomic E-state index is 0.884. The van der Waals surface area contributed by atoms with E-state index in [4.69, 9.17) is 4.42 Å². The van der Waals surface area contributed by atoms with Gasteiger partial charge in [-0.25, -0.2) is 0 Å². The summed E-state index contributed by atoms with van der Waals surface area (Å²) in [5, 5.41) is 7.17. The fourth-order valence-corrected chi connectivity index (χ4v) is 10.2. The molecule has 13 aromatic rings. The Morgan fingerprint density at radius 1 is 0.313 bits per heavy atom. The zero-order valence-electron chi connectivity index (χ0n) is 36.6. The van der Waals surface area contributed by atoms with Crippen molar-refractivity contribution >= 4 is 71.6 Å². The van der Waals surface area contributed by atoms with Gasteiger partial charge in [0.2, 0.25) is 0 Å². The highest BCUT2D eigenvalue weighted by molar-refractivity contribution is 6.12. The second-order valence-electron chi connectivity index (χ2n) is 17.3. The summed E-state index contributed by atoms with van der Waals surface area (Å²) in [6, 6.07) is 91.9. The van der Waals surface area contributed by atoms with Crippen molar-refractivity contribution in [1.29, 1.82) is 0 Å². The molecule has 3 heteroatoms. The van der Waals surface area contributed by atoms with E-state index in [-0.39, 0.29) is 0 Å². The van der Waals surface area contributed by atoms with Gasteiger partial charge in [0.15, 0.2) is 0 Å². The van der Waals surface area contributed by atoms with Gasteiger partial charge in [0.1, 0.15) is 11.2 Å². The number of nitrogens with zero attached hydrogens (tertiary/aromatic N) is 2. The first-order valence-corrected chi connectivity index (χ1v) is 22.9. The van der Waals surface area contributed by atoms with E-state index < -0.39 is 0 Å². The Morgan fingerprint density at radius 3 is 1.61 bits per heavy atom. The van der Waals surface area contributed by atoms with E-state index in [1.54, 1.807) is 0 Å². The topological polar surface area (TPSA) is 21.3 Å². The summed E-state index contributed by atoms with van der Waals surface area (Å²) in [6.07, 6.45) is 0. The maximum atomic E-state index is 6.66. The summed E-state index contributed by atoms with van der Waals surface area (Å²) >= 11 is 0. The maximum absolute atomic E-state index is 6.66. The molecule has 0 saturated carbocycles. The Morgan fingerprint density at radius 2 is 0.851 bits per heavy atom. The Bertz CT molecular complexity index is 3920. The Kier molecular flexibility index (Phi) is 9.17. The monoisotopic (exact) mass is 854 g/mol. The van der Waals surface area contributed by atoms with Gasteiger partial charge in [0.05, 0.1) is 22.4 Å². The molecule has 314 valence electrons. The lowest BCUT2D eigenvalue weighted by Crippen LogP contribution is -2.11. The summed E-state index contributed by atoms with van der Waals surface area (Å²) in [6.45, 7) is 0. The molecular weight excluding hydrogens is 813 g/mol. The van der Waals surface area contributed by atoms with Crippen molar-refractivity contribution in [3.05, 3.63) is 255 Å². The van der Waals surface area contributed by atoms with Crippen LogP contribution in [0.5, 0.6) is 0 Å². The van der Waals surface area contributed by atoms with Gasteiger partial charge in [0.25, 0.3) is 0 Å². The minimum absolute atomic E-state index is 0.884. The van der Waals surface area contributed by atoms with Gasteiger partial charge in [-0.05, 0) is 99.3 Å². The highest BCUT2D eigenvalue weighted by atomic mass is 16.3. The van der Waals surface area contributed by atoms with Crippen LogP contribution in [0.2, 0.25) is 0 Å². The van der Waals surface area contributed by atoms with E-state index in [0.29, 0.717) is 0 Å². The summed E-state index contributed by atoms with van der Waals surface area (Å²) in [5.74, 6) is 0. The number of furan rings is 1. The van der Waals surface area contributed by atoms with Gasteiger partial charge < -0.3 is 13.9 Å². The lowest BCUT2D eigenvalue weighted by Gasteiger charge is -2.28. The van der Waals surface area contributed by atoms with Gasteiger partial charge in [-0.15, -0.1) is 0 Å². The first-order chi connectivity index (χ1) is 33.2. The molecule has 0 unspecified atom stereocenters. The third-order valence-corrected chi connectivity index (χ3v) is 13.4. The first-order valence-electron chi connectivity index (χ1n) is 22.9. The standard InChI is InChI=1S/C64H42N2O/c1-2-15-43(16-3-1)49-35-40-52(62(42-49)66-60-26-11-6-19-53(60)54-20-7-12-27-61(54)66)46-33-38-51(39-34-46)65(50-36-31-45(32-37-50)48-30-29-44-17-4-5-18-47(44)41-48)59-25-10-8-21-55(59)57-23-14-24-58-56-22-9-13-28-63(56)67-64(57)58/h1-42H. The molecule has 0 atom stereocenters. The molecule has 0 aliphatic heterocycles. The van der Waals surface area contributed by atoms with Gasteiger partial charge in [-0.2, -0.15) is 0 Å². The van der Waals surface area contributed by atoms with Gasteiger partial charge in [0, 0.05) is 49.6 Å². The smallest absolute Gasteiger partial charge is 0.143 e. The molecule has 0 saturated heterocycles. The molecule has 0 aliphatic rings. The molecule has 11 aromatic carbocycles. The van der Waals surface area contributed by atoms with Crippen LogP contribution < -0.4 is 4.90 Å².